The number of aliphatic hydroxyl groups excluding tert-OH is 2. The van der Waals surface area contributed by atoms with Crippen molar-refractivity contribution in [3.8, 4) is 0 Å². The van der Waals surface area contributed by atoms with Crippen LogP contribution < -0.4 is 0 Å². The van der Waals surface area contributed by atoms with Crippen molar-refractivity contribution in [1.29, 1.82) is 0 Å². The van der Waals surface area contributed by atoms with Gasteiger partial charge >= 0.3 is 0 Å². The number of rotatable bonds is 4. The minimum Gasteiger partial charge on any atom is -0.456 e. The van der Waals surface area contributed by atoms with Gasteiger partial charge in [0.15, 0.2) is 16.6 Å². The van der Waals surface area contributed by atoms with Gasteiger partial charge in [0.25, 0.3) is 0 Å². The largest absolute Gasteiger partial charge is 0.456 e. The monoisotopic (exact) mass is 272 g/mol. The minimum atomic E-state index is -1.23. The van der Waals surface area contributed by atoms with E-state index in [0.29, 0.717) is 0 Å². The molecule has 0 spiro atoms. The van der Waals surface area contributed by atoms with E-state index in [2.05, 4.69) is 39.3 Å². The lowest BCUT2D eigenvalue weighted by molar-refractivity contribution is 0.112. The normalized spacial score (nSPS) is 14.2. The summed E-state index contributed by atoms with van der Waals surface area (Å²) in [5.74, 6) is 0.108. The van der Waals surface area contributed by atoms with Crippen molar-refractivity contribution in [2.24, 2.45) is 0 Å². The lowest BCUT2D eigenvalue weighted by Crippen LogP contribution is -2.39. The molecule has 0 saturated carbocycles. The molecule has 1 atom stereocenters. The van der Waals surface area contributed by atoms with E-state index in [0.717, 1.165) is 0 Å². The van der Waals surface area contributed by atoms with Crippen LogP contribution in [-0.2, 0) is 4.12 Å². The number of halogens is 1. The third kappa shape index (κ3) is 20.6. The molecule has 0 bridgehead atoms. The van der Waals surface area contributed by atoms with Gasteiger partial charge in [0.1, 0.15) is 0 Å². The second-order valence-corrected chi connectivity index (χ2v) is 14.9. The highest BCUT2D eigenvalue weighted by Gasteiger charge is 2.24. The van der Waals surface area contributed by atoms with Crippen LogP contribution in [0.4, 0.5) is 0 Å². The Bertz CT molecular complexity index is 138. The van der Waals surface area contributed by atoms with Gasteiger partial charge in [-0.1, -0.05) is 0 Å². The van der Waals surface area contributed by atoms with Crippen LogP contribution in [0.3, 0.4) is 0 Å². The Morgan fingerprint density at radius 3 is 1.40 bits per heavy atom. The molecule has 3 nitrogen and oxygen atoms in total. The van der Waals surface area contributed by atoms with Crippen LogP contribution in [-0.4, -0.2) is 45.4 Å². The van der Waals surface area contributed by atoms with E-state index in [1.807, 2.05) is 0 Å². The van der Waals surface area contributed by atoms with Crippen LogP contribution in [0.5, 0.6) is 0 Å². The Hall–Kier alpha value is 0.604. The average molecular weight is 273 g/mol. The molecule has 0 heterocycles. The van der Waals surface area contributed by atoms with Crippen molar-refractivity contribution in [3.63, 3.8) is 0 Å². The van der Waals surface area contributed by atoms with Gasteiger partial charge < -0.3 is 14.3 Å². The number of aliphatic hydroxyl groups is 2. The molecule has 0 aliphatic rings. The van der Waals surface area contributed by atoms with Gasteiger partial charge in [-0.25, -0.2) is 0 Å². The molecule has 0 saturated heterocycles. The fourth-order valence-electron chi connectivity index (χ4n) is 0.967. The van der Waals surface area contributed by atoms with Crippen molar-refractivity contribution in [2.45, 2.75) is 45.4 Å². The Kier molecular flexibility index (Phi) is 9.36. The van der Waals surface area contributed by atoms with Crippen LogP contribution in [0, 0.1) is 0 Å². The molecule has 0 rings (SSSR count). The third-order valence-electron chi connectivity index (χ3n) is 1.00. The van der Waals surface area contributed by atoms with Crippen molar-refractivity contribution >= 4 is 28.2 Å². The molecule has 0 aromatic carbocycles. The number of hydrogen-bond donors (Lipinski definition) is 2. The molecule has 2 N–H and O–H groups in total. The Labute approximate surface area is 101 Å². The molecule has 0 aromatic heterocycles. The standard InChI is InChI=1S/C6H18OSi2.C3H7ClO2/c1-8(2,3)7-9(4,5)6;4-1-3(6)2-5/h1-6H3;3,5-6H,1-2H2. The van der Waals surface area contributed by atoms with Crippen molar-refractivity contribution in [1.82, 2.24) is 0 Å². The van der Waals surface area contributed by atoms with Gasteiger partial charge in [0.05, 0.1) is 18.6 Å². The maximum Gasteiger partial charge on any atom is 0.170 e. The highest BCUT2D eigenvalue weighted by atomic mass is 35.5. The van der Waals surface area contributed by atoms with E-state index in [4.69, 9.17) is 25.9 Å². The zero-order valence-corrected chi connectivity index (χ0v) is 13.4. The topological polar surface area (TPSA) is 49.7 Å². The first-order valence-corrected chi connectivity index (χ1v) is 12.4. The summed E-state index contributed by atoms with van der Waals surface area (Å²) < 4.78 is 5.90. The van der Waals surface area contributed by atoms with E-state index >= 15 is 0 Å². The second-order valence-electron chi connectivity index (χ2n) is 5.32. The Balaban J connectivity index is 0. The zero-order valence-electron chi connectivity index (χ0n) is 10.7. The summed E-state index contributed by atoms with van der Waals surface area (Å²) >= 11 is 5.04. The summed E-state index contributed by atoms with van der Waals surface area (Å²) in [7, 11) is -2.46. The molecule has 6 heteroatoms. The Morgan fingerprint density at radius 2 is 1.40 bits per heavy atom. The van der Waals surface area contributed by atoms with Crippen LogP contribution in [0.2, 0.25) is 39.3 Å². The fourth-order valence-corrected chi connectivity index (χ4v) is 8.41. The van der Waals surface area contributed by atoms with Crippen LogP contribution in [0.15, 0.2) is 0 Å². The molecule has 1 unspecified atom stereocenters. The molecule has 0 radical (unpaired) electrons. The molecule has 0 aromatic rings. The highest BCUT2D eigenvalue weighted by Crippen LogP contribution is 2.12. The summed E-state index contributed by atoms with van der Waals surface area (Å²) in [6, 6.07) is 0. The first-order valence-electron chi connectivity index (χ1n) is 5.07. The van der Waals surface area contributed by atoms with E-state index in [9.17, 15) is 0 Å². The van der Waals surface area contributed by atoms with Gasteiger partial charge in [-0.3, -0.25) is 0 Å². The predicted molar refractivity (Wildman–Crippen MR) is 71.6 cm³/mol. The van der Waals surface area contributed by atoms with E-state index in [1.165, 1.54) is 0 Å². The summed E-state index contributed by atoms with van der Waals surface area (Å²) in [5, 5.41) is 16.3. The lowest BCUT2D eigenvalue weighted by atomic mass is 10.5. The highest BCUT2D eigenvalue weighted by molar-refractivity contribution is 6.83. The number of hydrogen-bond acceptors (Lipinski definition) is 3. The molecule has 0 aliphatic heterocycles. The lowest BCUT2D eigenvalue weighted by Gasteiger charge is -2.27. The average Bonchev–Trinajstić information content (AvgIpc) is 1.97. The summed E-state index contributed by atoms with van der Waals surface area (Å²) in [6.07, 6.45) is -0.744. The first-order chi connectivity index (χ1) is 6.52. The predicted octanol–water partition coefficient (Wildman–Crippen LogP) is 2.25. The summed E-state index contributed by atoms with van der Waals surface area (Å²) in [4.78, 5) is 0. The maximum absolute atomic E-state index is 8.28. The van der Waals surface area contributed by atoms with E-state index in [1.54, 1.807) is 0 Å². The smallest absolute Gasteiger partial charge is 0.170 e. The van der Waals surface area contributed by atoms with Gasteiger partial charge in [-0.2, -0.15) is 0 Å². The van der Waals surface area contributed by atoms with Gasteiger partial charge in [-0.15, -0.1) is 11.6 Å². The molecule has 0 fully saturated rings. The maximum atomic E-state index is 8.28. The molecule has 0 amide bonds. The minimum absolute atomic E-state index is 0.108. The first kappa shape index (κ1) is 18.0. The van der Waals surface area contributed by atoms with Crippen LogP contribution in [0.1, 0.15) is 0 Å². The quantitative estimate of drug-likeness (QED) is 0.610. The van der Waals surface area contributed by atoms with Crippen molar-refractivity contribution in [2.75, 3.05) is 12.5 Å². The van der Waals surface area contributed by atoms with Crippen LogP contribution in [0.25, 0.3) is 0 Å². The molecule has 15 heavy (non-hydrogen) atoms. The van der Waals surface area contributed by atoms with Crippen LogP contribution >= 0.6 is 11.6 Å². The van der Waals surface area contributed by atoms with Gasteiger partial charge in [0.2, 0.25) is 0 Å². The molecular formula is C9H25ClO3Si2. The third-order valence-corrected chi connectivity index (χ3v) is 6.26. The molecular weight excluding hydrogens is 248 g/mol. The van der Waals surface area contributed by atoms with Crippen molar-refractivity contribution in [3.05, 3.63) is 0 Å². The van der Waals surface area contributed by atoms with Crippen molar-refractivity contribution < 1.29 is 14.3 Å². The van der Waals surface area contributed by atoms with E-state index < -0.39 is 22.7 Å². The fraction of sp³-hybridized carbons (Fsp3) is 1.00. The molecule has 0 aliphatic carbocycles. The zero-order chi connectivity index (χ0) is 12.7. The summed E-state index contributed by atoms with van der Waals surface area (Å²) in [5.41, 5.74) is 0. The SMILES string of the molecule is C[Si](C)(C)O[Si](C)(C)C.OCC(O)CCl. The molecule has 94 valence electrons. The van der Waals surface area contributed by atoms with Gasteiger partial charge in [0, 0.05) is 0 Å². The Morgan fingerprint density at radius 1 is 1.07 bits per heavy atom. The van der Waals surface area contributed by atoms with Gasteiger partial charge in [-0.05, 0) is 39.3 Å². The van der Waals surface area contributed by atoms with E-state index in [-0.39, 0.29) is 12.5 Å². The second kappa shape index (κ2) is 7.81. The number of alkyl halides is 1. The summed E-state index contributed by atoms with van der Waals surface area (Å²) in [6.45, 7) is 13.2.